The summed E-state index contributed by atoms with van der Waals surface area (Å²) >= 11 is 0. The largest absolute Gasteiger partial charge is 0.356 e. The second-order valence-corrected chi connectivity index (χ2v) is 7.04. The quantitative estimate of drug-likeness (QED) is 0.547. The van der Waals surface area contributed by atoms with Crippen LogP contribution in [0.2, 0.25) is 0 Å². The Hall–Kier alpha value is -3.22. The highest BCUT2D eigenvalue weighted by atomic mass is 19.1. The van der Waals surface area contributed by atoms with Crippen LogP contribution < -0.4 is 10.6 Å². The Morgan fingerprint density at radius 2 is 1.93 bits per heavy atom. The number of hydrogen-bond acceptors (Lipinski definition) is 3. The first-order valence-corrected chi connectivity index (χ1v) is 9.42. The second kappa shape index (κ2) is 7.80. The molecule has 0 bridgehead atoms. The third-order valence-electron chi connectivity index (χ3n) is 4.71. The molecule has 144 valence electrons. The van der Waals surface area contributed by atoms with Crippen molar-refractivity contribution >= 4 is 28.5 Å². The molecule has 4 rings (SSSR count). The van der Waals surface area contributed by atoms with Gasteiger partial charge in [-0.15, -0.1) is 0 Å². The summed E-state index contributed by atoms with van der Waals surface area (Å²) in [5.74, 6) is 0.539. The lowest BCUT2D eigenvalue weighted by molar-refractivity contribution is -0.122. The monoisotopic (exact) mass is 380 g/mol. The van der Waals surface area contributed by atoms with Crippen LogP contribution in [0.3, 0.4) is 0 Å². The topological polar surface area (TPSA) is 86.9 Å². The van der Waals surface area contributed by atoms with Gasteiger partial charge in [0.15, 0.2) is 0 Å². The summed E-state index contributed by atoms with van der Waals surface area (Å²) < 4.78 is 13.1. The van der Waals surface area contributed by atoms with Crippen molar-refractivity contribution in [3.8, 4) is 11.4 Å². The van der Waals surface area contributed by atoms with Crippen molar-refractivity contribution in [1.82, 2.24) is 15.3 Å². The number of fused-ring (bicyclic) bond motifs is 1. The number of aromatic nitrogens is 2. The number of aromatic amines is 1. The lowest BCUT2D eigenvalue weighted by Crippen LogP contribution is -2.26. The van der Waals surface area contributed by atoms with Gasteiger partial charge in [0.25, 0.3) is 0 Å². The van der Waals surface area contributed by atoms with Crippen LogP contribution in [0.5, 0.6) is 0 Å². The third-order valence-corrected chi connectivity index (χ3v) is 4.71. The zero-order chi connectivity index (χ0) is 19.5. The lowest BCUT2D eigenvalue weighted by Gasteiger charge is -2.06. The van der Waals surface area contributed by atoms with Gasteiger partial charge in [0.05, 0.1) is 11.0 Å². The summed E-state index contributed by atoms with van der Waals surface area (Å²) in [6.45, 7) is 0.517. The number of anilines is 1. The highest BCUT2D eigenvalue weighted by molar-refractivity contribution is 5.93. The van der Waals surface area contributed by atoms with Gasteiger partial charge in [0, 0.05) is 30.1 Å². The second-order valence-electron chi connectivity index (χ2n) is 7.04. The van der Waals surface area contributed by atoms with E-state index in [9.17, 15) is 14.0 Å². The van der Waals surface area contributed by atoms with Crippen LogP contribution in [0.25, 0.3) is 22.4 Å². The molecule has 0 unspecified atom stereocenters. The fraction of sp³-hybridized carbons (Fsp3) is 0.286. The lowest BCUT2D eigenvalue weighted by atomic mass is 10.2. The summed E-state index contributed by atoms with van der Waals surface area (Å²) in [5.41, 5.74) is 3.01. The van der Waals surface area contributed by atoms with Gasteiger partial charge >= 0.3 is 0 Å². The van der Waals surface area contributed by atoms with E-state index in [1.54, 1.807) is 18.2 Å². The van der Waals surface area contributed by atoms with Gasteiger partial charge < -0.3 is 15.6 Å². The number of carbonyl (C=O) groups excluding carboxylic acids is 2. The maximum atomic E-state index is 13.1. The van der Waals surface area contributed by atoms with E-state index < -0.39 is 0 Å². The minimum Gasteiger partial charge on any atom is -0.356 e. The maximum absolute atomic E-state index is 13.1. The van der Waals surface area contributed by atoms with Crippen LogP contribution in [-0.2, 0) is 9.59 Å². The van der Waals surface area contributed by atoms with Crippen molar-refractivity contribution in [2.24, 2.45) is 5.92 Å². The number of amides is 2. The molecule has 1 fully saturated rings. The number of carbonyl (C=O) groups is 2. The molecule has 1 aromatic heterocycles. The SMILES string of the molecule is O=C(CCCNC(=O)C1CC1)Nc1ccc2nc(-c3ccc(F)cc3)[nH]c2c1. The Labute approximate surface area is 161 Å². The molecule has 1 aliphatic carbocycles. The molecule has 7 heteroatoms. The molecular formula is C21H21FN4O2. The van der Waals surface area contributed by atoms with Gasteiger partial charge in [-0.3, -0.25) is 9.59 Å². The van der Waals surface area contributed by atoms with Gasteiger partial charge in [-0.2, -0.15) is 0 Å². The predicted molar refractivity (Wildman–Crippen MR) is 105 cm³/mol. The average molecular weight is 380 g/mol. The number of halogens is 1. The normalized spacial score (nSPS) is 13.5. The molecular weight excluding hydrogens is 359 g/mol. The smallest absolute Gasteiger partial charge is 0.224 e. The van der Waals surface area contributed by atoms with Crippen LogP contribution >= 0.6 is 0 Å². The van der Waals surface area contributed by atoms with E-state index in [1.165, 1.54) is 12.1 Å². The summed E-state index contributed by atoms with van der Waals surface area (Å²) in [7, 11) is 0. The van der Waals surface area contributed by atoms with Gasteiger partial charge in [0.1, 0.15) is 11.6 Å². The van der Waals surface area contributed by atoms with E-state index in [0.29, 0.717) is 30.9 Å². The predicted octanol–water partition coefficient (Wildman–Crippen LogP) is 3.61. The summed E-state index contributed by atoms with van der Waals surface area (Å²) in [6, 6.07) is 11.6. The minimum absolute atomic E-state index is 0.0988. The Morgan fingerprint density at radius 3 is 2.68 bits per heavy atom. The molecule has 2 amide bonds. The van der Waals surface area contributed by atoms with Crippen LogP contribution in [0.4, 0.5) is 10.1 Å². The Kier molecular flexibility index (Phi) is 5.06. The fourth-order valence-corrected chi connectivity index (χ4v) is 3.01. The number of H-pyrrole nitrogens is 1. The zero-order valence-electron chi connectivity index (χ0n) is 15.3. The summed E-state index contributed by atoms with van der Waals surface area (Å²) in [6.07, 6.45) is 2.90. The van der Waals surface area contributed by atoms with Gasteiger partial charge in [-0.25, -0.2) is 9.37 Å². The van der Waals surface area contributed by atoms with Crippen molar-refractivity contribution in [1.29, 1.82) is 0 Å². The minimum atomic E-state index is -0.294. The maximum Gasteiger partial charge on any atom is 0.224 e. The molecule has 0 radical (unpaired) electrons. The number of benzene rings is 2. The average Bonchev–Trinajstić information content (AvgIpc) is 3.45. The number of nitrogens with one attached hydrogen (secondary N) is 3. The molecule has 28 heavy (non-hydrogen) atoms. The Bertz CT molecular complexity index is 1010. The van der Waals surface area contributed by atoms with Crippen molar-refractivity contribution < 1.29 is 14.0 Å². The van der Waals surface area contributed by atoms with Crippen molar-refractivity contribution in [2.75, 3.05) is 11.9 Å². The molecule has 3 N–H and O–H groups in total. The molecule has 0 atom stereocenters. The van der Waals surface area contributed by atoms with Crippen molar-refractivity contribution in [2.45, 2.75) is 25.7 Å². The molecule has 0 spiro atoms. The molecule has 1 heterocycles. The number of hydrogen-bond donors (Lipinski definition) is 3. The van der Waals surface area contributed by atoms with Crippen LogP contribution in [0.15, 0.2) is 42.5 Å². The Balaban J connectivity index is 1.34. The van der Waals surface area contributed by atoms with Crippen LogP contribution in [0.1, 0.15) is 25.7 Å². The summed E-state index contributed by atoms with van der Waals surface area (Å²) in [5, 5.41) is 5.72. The van der Waals surface area contributed by atoms with Crippen molar-refractivity contribution in [3.63, 3.8) is 0 Å². The highest BCUT2D eigenvalue weighted by Crippen LogP contribution is 2.28. The number of rotatable bonds is 7. The zero-order valence-corrected chi connectivity index (χ0v) is 15.3. The van der Waals surface area contributed by atoms with E-state index in [0.717, 1.165) is 29.4 Å². The molecule has 3 aromatic rings. The highest BCUT2D eigenvalue weighted by Gasteiger charge is 2.28. The molecule has 1 saturated carbocycles. The number of nitrogens with zero attached hydrogens (tertiary/aromatic N) is 1. The van der Waals surface area contributed by atoms with Gasteiger partial charge in [-0.1, -0.05) is 0 Å². The third kappa shape index (κ3) is 4.36. The molecule has 2 aromatic carbocycles. The molecule has 1 aliphatic rings. The van der Waals surface area contributed by atoms with E-state index in [1.807, 2.05) is 12.1 Å². The van der Waals surface area contributed by atoms with Crippen LogP contribution in [-0.4, -0.2) is 28.3 Å². The Morgan fingerprint density at radius 1 is 1.14 bits per heavy atom. The van der Waals surface area contributed by atoms with Gasteiger partial charge in [-0.05, 0) is 61.7 Å². The number of imidazole rings is 1. The summed E-state index contributed by atoms with van der Waals surface area (Å²) in [4.78, 5) is 31.4. The molecule has 0 saturated heterocycles. The van der Waals surface area contributed by atoms with E-state index in [4.69, 9.17) is 0 Å². The van der Waals surface area contributed by atoms with Crippen molar-refractivity contribution in [3.05, 3.63) is 48.3 Å². The molecule has 6 nitrogen and oxygen atoms in total. The van der Waals surface area contributed by atoms with Gasteiger partial charge in [0.2, 0.25) is 11.8 Å². The molecule has 0 aliphatic heterocycles. The fourth-order valence-electron chi connectivity index (χ4n) is 3.01. The standard InChI is InChI=1S/C21H21FN4O2/c22-15-7-5-13(6-8-15)20-25-17-10-9-16(12-18(17)26-20)24-19(27)2-1-11-23-21(28)14-3-4-14/h5-10,12,14H,1-4,11H2,(H,23,28)(H,24,27)(H,25,26). The first kappa shape index (κ1) is 18.2. The first-order chi connectivity index (χ1) is 13.6. The van der Waals surface area contributed by atoms with E-state index in [2.05, 4.69) is 20.6 Å². The van der Waals surface area contributed by atoms with Crippen LogP contribution in [0, 0.1) is 11.7 Å². The first-order valence-electron chi connectivity index (χ1n) is 9.42. The van der Waals surface area contributed by atoms with E-state index in [-0.39, 0.29) is 23.5 Å². The van der Waals surface area contributed by atoms with E-state index >= 15 is 0 Å².